The van der Waals surface area contributed by atoms with Crippen LogP contribution >= 0.6 is 0 Å². The number of amides is 1. The number of ether oxygens (including phenoxy) is 1. The van der Waals surface area contributed by atoms with Gasteiger partial charge >= 0.3 is 5.97 Å². The number of allylic oxidation sites excluding steroid dienone is 1. The second kappa shape index (κ2) is 8.33. The minimum Gasteiger partial charge on any atom is -0.466 e. The summed E-state index contributed by atoms with van der Waals surface area (Å²) in [5, 5.41) is 0. The van der Waals surface area contributed by atoms with Crippen LogP contribution in [0.3, 0.4) is 0 Å². The van der Waals surface area contributed by atoms with Crippen molar-refractivity contribution in [2.45, 2.75) is 32.2 Å². The van der Waals surface area contributed by atoms with E-state index in [1.165, 1.54) is 36.3 Å². The average molecular weight is 385 g/mol. The lowest BCUT2D eigenvalue weighted by Gasteiger charge is -2.35. The van der Waals surface area contributed by atoms with E-state index in [0.29, 0.717) is 23.3 Å². The Morgan fingerprint density at radius 2 is 1.86 bits per heavy atom. The van der Waals surface area contributed by atoms with Crippen LogP contribution in [0.1, 0.15) is 36.8 Å². The number of rotatable bonds is 5. The van der Waals surface area contributed by atoms with Crippen molar-refractivity contribution in [3.8, 4) is 0 Å². The molecule has 146 valence electrons. The molecule has 0 saturated heterocycles. The first-order chi connectivity index (χ1) is 13.4. The molecular formula is C22H21F2NO3. The van der Waals surface area contributed by atoms with Gasteiger partial charge in [-0.1, -0.05) is 31.2 Å². The maximum atomic E-state index is 13.7. The molecule has 2 aromatic rings. The smallest absolute Gasteiger partial charge is 0.336 e. The van der Waals surface area contributed by atoms with Gasteiger partial charge in [-0.15, -0.1) is 0 Å². The Balaban J connectivity index is 2.07. The topological polar surface area (TPSA) is 46.6 Å². The van der Waals surface area contributed by atoms with Crippen LogP contribution in [-0.4, -0.2) is 23.9 Å². The van der Waals surface area contributed by atoms with Gasteiger partial charge in [-0.25, -0.2) is 13.6 Å². The maximum Gasteiger partial charge on any atom is 0.336 e. The Bertz CT molecular complexity index is 922. The molecule has 1 atom stereocenters. The van der Waals surface area contributed by atoms with E-state index in [4.69, 9.17) is 4.74 Å². The van der Waals surface area contributed by atoms with Gasteiger partial charge in [0.1, 0.15) is 11.6 Å². The van der Waals surface area contributed by atoms with E-state index in [1.807, 2.05) is 6.92 Å². The Hall–Kier alpha value is -3.02. The van der Waals surface area contributed by atoms with Crippen molar-refractivity contribution < 1.29 is 23.1 Å². The summed E-state index contributed by atoms with van der Waals surface area (Å²) in [6.45, 7) is 2.07. The van der Waals surface area contributed by atoms with E-state index in [9.17, 15) is 18.4 Å². The number of halogens is 2. The third kappa shape index (κ3) is 3.96. The van der Waals surface area contributed by atoms with Crippen molar-refractivity contribution in [3.05, 3.63) is 82.6 Å². The average Bonchev–Trinajstić information content (AvgIpc) is 2.69. The third-order valence-electron chi connectivity index (χ3n) is 4.91. The Labute approximate surface area is 162 Å². The summed E-state index contributed by atoms with van der Waals surface area (Å²) in [6, 6.07) is 11.8. The van der Waals surface area contributed by atoms with Gasteiger partial charge in [0, 0.05) is 18.0 Å². The van der Waals surface area contributed by atoms with Gasteiger partial charge in [0.2, 0.25) is 5.91 Å². The number of carbonyl (C=O) groups is 2. The molecule has 0 fully saturated rings. The zero-order valence-corrected chi connectivity index (χ0v) is 15.7. The predicted octanol–water partition coefficient (Wildman–Crippen LogP) is 4.32. The van der Waals surface area contributed by atoms with Crippen molar-refractivity contribution >= 4 is 11.9 Å². The van der Waals surface area contributed by atoms with E-state index >= 15 is 0 Å². The fourth-order valence-corrected chi connectivity index (χ4v) is 3.60. The minimum absolute atomic E-state index is 0.0264. The van der Waals surface area contributed by atoms with Gasteiger partial charge < -0.3 is 9.64 Å². The van der Waals surface area contributed by atoms with Crippen LogP contribution in [0, 0.1) is 11.6 Å². The number of carbonyl (C=O) groups excluding carboxylic acids is 2. The number of nitrogens with zero attached hydrogens (tertiary/aromatic N) is 1. The monoisotopic (exact) mass is 385 g/mol. The summed E-state index contributed by atoms with van der Waals surface area (Å²) in [4.78, 5) is 27.1. The lowest BCUT2D eigenvalue weighted by molar-refractivity contribution is -0.138. The van der Waals surface area contributed by atoms with Crippen LogP contribution in [0.15, 0.2) is 59.8 Å². The Kier molecular flexibility index (Phi) is 5.87. The van der Waals surface area contributed by atoms with Gasteiger partial charge in [0.05, 0.1) is 19.2 Å². The molecule has 0 N–H and O–H groups in total. The molecule has 1 aliphatic heterocycles. The van der Waals surface area contributed by atoms with Crippen LogP contribution in [0.4, 0.5) is 8.78 Å². The fraction of sp³-hybridized carbons (Fsp3) is 0.273. The molecule has 0 saturated carbocycles. The summed E-state index contributed by atoms with van der Waals surface area (Å²) in [5.74, 6) is -2.08. The van der Waals surface area contributed by atoms with Gasteiger partial charge in [-0.2, -0.15) is 0 Å². The predicted molar refractivity (Wildman–Crippen MR) is 100 cm³/mol. The molecule has 0 aliphatic carbocycles. The van der Waals surface area contributed by atoms with E-state index in [2.05, 4.69) is 0 Å². The summed E-state index contributed by atoms with van der Waals surface area (Å²) >= 11 is 0. The Morgan fingerprint density at radius 1 is 1.14 bits per heavy atom. The summed E-state index contributed by atoms with van der Waals surface area (Å²) in [6.07, 6.45) is 0.446. The first-order valence-electron chi connectivity index (χ1n) is 9.06. The first kappa shape index (κ1) is 19.7. The largest absolute Gasteiger partial charge is 0.466 e. The molecule has 6 heteroatoms. The number of esters is 1. The highest BCUT2D eigenvalue weighted by molar-refractivity contribution is 5.95. The Morgan fingerprint density at radius 3 is 2.46 bits per heavy atom. The molecule has 0 bridgehead atoms. The quantitative estimate of drug-likeness (QED) is 0.721. The summed E-state index contributed by atoms with van der Waals surface area (Å²) < 4.78 is 31.9. The van der Waals surface area contributed by atoms with Gasteiger partial charge in [0.15, 0.2) is 0 Å². The van der Waals surface area contributed by atoms with E-state index in [-0.39, 0.29) is 24.7 Å². The van der Waals surface area contributed by atoms with Crippen LogP contribution < -0.4 is 0 Å². The molecule has 1 aliphatic rings. The number of hydrogen-bond donors (Lipinski definition) is 0. The van der Waals surface area contributed by atoms with E-state index < -0.39 is 17.7 Å². The van der Waals surface area contributed by atoms with Crippen molar-refractivity contribution in [3.63, 3.8) is 0 Å². The van der Waals surface area contributed by atoms with Crippen molar-refractivity contribution in [2.24, 2.45) is 0 Å². The molecule has 1 heterocycles. The molecule has 0 aromatic heterocycles. The highest BCUT2D eigenvalue weighted by atomic mass is 19.1. The third-order valence-corrected chi connectivity index (χ3v) is 4.91. The van der Waals surface area contributed by atoms with Gasteiger partial charge in [-0.3, -0.25) is 4.79 Å². The number of methoxy groups -OCH3 is 1. The minimum atomic E-state index is -0.574. The van der Waals surface area contributed by atoms with Crippen molar-refractivity contribution in [1.29, 1.82) is 0 Å². The van der Waals surface area contributed by atoms with Crippen LogP contribution in [0.5, 0.6) is 0 Å². The number of benzene rings is 2. The van der Waals surface area contributed by atoms with Crippen LogP contribution in [0.2, 0.25) is 0 Å². The molecule has 2 aromatic carbocycles. The molecule has 0 spiro atoms. The highest BCUT2D eigenvalue weighted by Crippen LogP contribution is 2.39. The lowest BCUT2D eigenvalue weighted by atomic mass is 9.82. The molecule has 0 radical (unpaired) electrons. The zero-order chi connectivity index (χ0) is 20.3. The van der Waals surface area contributed by atoms with Gasteiger partial charge in [0.25, 0.3) is 0 Å². The van der Waals surface area contributed by atoms with Gasteiger partial charge in [-0.05, 0) is 41.8 Å². The van der Waals surface area contributed by atoms with Crippen LogP contribution in [-0.2, 0) is 20.9 Å². The molecule has 1 amide bonds. The first-order valence-corrected chi connectivity index (χ1v) is 9.06. The zero-order valence-electron chi connectivity index (χ0n) is 15.7. The van der Waals surface area contributed by atoms with Crippen molar-refractivity contribution in [1.82, 2.24) is 4.90 Å². The fourth-order valence-electron chi connectivity index (χ4n) is 3.60. The number of hydrogen-bond acceptors (Lipinski definition) is 3. The maximum absolute atomic E-state index is 13.7. The normalized spacial score (nSPS) is 17.1. The van der Waals surface area contributed by atoms with E-state index in [0.717, 1.165) is 5.56 Å². The molecular weight excluding hydrogens is 364 g/mol. The second-order valence-corrected chi connectivity index (χ2v) is 6.62. The lowest BCUT2D eigenvalue weighted by Crippen LogP contribution is -2.38. The molecule has 3 rings (SSSR count). The van der Waals surface area contributed by atoms with Crippen LogP contribution in [0.25, 0.3) is 0 Å². The second-order valence-electron chi connectivity index (χ2n) is 6.62. The molecule has 1 unspecified atom stereocenters. The SMILES string of the molecule is CCC1=C(C(=O)OC)C(c2cccc(F)c2)CC(=O)N1Cc1ccc(F)cc1. The standard InChI is InChI=1S/C22H21F2NO3/c1-3-19-21(22(27)28-2)18(15-5-4-6-17(24)11-15)12-20(26)25(19)13-14-7-9-16(23)10-8-14/h4-11,18H,3,12-13H2,1-2H3. The molecule has 28 heavy (non-hydrogen) atoms. The summed E-state index contributed by atoms with van der Waals surface area (Å²) in [5.41, 5.74) is 2.20. The summed E-state index contributed by atoms with van der Waals surface area (Å²) in [7, 11) is 1.28. The van der Waals surface area contributed by atoms with E-state index in [1.54, 1.807) is 24.3 Å². The molecule has 4 nitrogen and oxygen atoms in total. The highest BCUT2D eigenvalue weighted by Gasteiger charge is 2.37. The van der Waals surface area contributed by atoms with Crippen molar-refractivity contribution in [2.75, 3.05) is 7.11 Å².